The van der Waals surface area contributed by atoms with Gasteiger partial charge in [-0.3, -0.25) is 0 Å². The Bertz CT molecular complexity index is 532. The second-order valence-corrected chi connectivity index (χ2v) is 5.49. The van der Waals surface area contributed by atoms with Gasteiger partial charge in [0.15, 0.2) is 0 Å². The van der Waals surface area contributed by atoms with Crippen molar-refractivity contribution in [2.75, 3.05) is 5.73 Å². The van der Waals surface area contributed by atoms with Crippen LogP contribution in [0.1, 0.15) is 32.0 Å². The molecule has 1 aromatic heterocycles. The third-order valence-electron chi connectivity index (χ3n) is 2.92. The number of anilines is 1. The van der Waals surface area contributed by atoms with Crippen molar-refractivity contribution in [2.45, 2.75) is 32.7 Å². The number of aromatic nitrogens is 2. The number of hydrogen-bond donors (Lipinski definition) is 2. The van der Waals surface area contributed by atoms with Gasteiger partial charge < -0.3 is 11.5 Å². The van der Waals surface area contributed by atoms with E-state index in [4.69, 9.17) is 11.5 Å². The average Bonchev–Trinajstić information content (AvgIpc) is 2.71. The molecule has 0 spiro atoms. The molecule has 0 radical (unpaired) electrons. The van der Waals surface area contributed by atoms with Crippen LogP contribution in [0.3, 0.4) is 0 Å². The largest absolute Gasteiger partial charge is 0.384 e. The minimum atomic E-state index is -0.00340. The summed E-state index contributed by atoms with van der Waals surface area (Å²) < 4.78 is 1.76. The minimum Gasteiger partial charge on any atom is -0.384 e. The van der Waals surface area contributed by atoms with E-state index in [1.54, 1.807) is 4.68 Å². The van der Waals surface area contributed by atoms with Gasteiger partial charge in [-0.25, -0.2) is 4.68 Å². The summed E-state index contributed by atoms with van der Waals surface area (Å²) in [6.07, 6.45) is 0. The number of rotatable bonds is 2. The first-order valence-corrected chi connectivity index (χ1v) is 6.07. The summed E-state index contributed by atoms with van der Waals surface area (Å²) in [5, 5.41) is 4.57. The van der Waals surface area contributed by atoms with Crippen molar-refractivity contribution in [2.24, 2.45) is 5.73 Å². The predicted octanol–water partition coefficient (Wildman–Crippen LogP) is 2.21. The zero-order valence-electron chi connectivity index (χ0n) is 11.1. The SMILES string of the molecule is CC(C)(C)c1cc(N)n(-c2ccc(CN)cc2)n1. The number of benzene rings is 1. The molecule has 0 aliphatic rings. The molecular formula is C14H20N4. The Morgan fingerprint density at radius 2 is 1.78 bits per heavy atom. The van der Waals surface area contributed by atoms with Gasteiger partial charge >= 0.3 is 0 Å². The Balaban J connectivity index is 2.41. The molecule has 0 fully saturated rings. The Morgan fingerprint density at radius 1 is 1.17 bits per heavy atom. The van der Waals surface area contributed by atoms with Crippen LogP contribution in [0, 0.1) is 0 Å². The summed E-state index contributed by atoms with van der Waals surface area (Å²) in [7, 11) is 0. The van der Waals surface area contributed by atoms with E-state index in [0.717, 1.165) is 16.9 Å². The fraction of sp³-hybridized carbons (Fsp3) is 0.357. The highest BCUT2D eigenvalue weighted by Crippen LogP contribution is 2.24. The summed E-state index contributed by atoms with van der Waals surface area (Å²) in [5.74, 6) is 0.653. The molecule has 0 aliphatic carbocycles. The van der Waals surface area contributed by atoms with Gasteiger partial charge in [0.05, 0.1) is 11.4 Å². The highest BCUT2D eigenvalue weighted by Gasteiger charge is 2.19. The van der Waals surface area contributed by atoms with Gasteiger partial charge in [-0.1, -0.05) is 32.9 Å². The molecule has 0 amide bonds. The van der Waals surface area contributed by atoms with E-state index in [2.05, 4.69) is 25.9 Å². The molecule has 96 valence electrons. The topological polar surface area (TPSA) is 69.9 Å². The second kappa shape index (κ2) is 4.46. The van der Waals surface area contributed by atoms with Crippen molar-refractivity contribution < 1.29 is 0 Å². The molecule has 1 heterocycles. The first-order valence-electron chi connectivity index (χ1n) is 6.07. The van der Waals surface area contributed by atoms with Crippen LogP contribution >= 0.6 is 0 Å². The van der Waals surface area contributed by atoms with Crippen LogP contribution in [-0.2, 0) is 12.0 Å². The van der Waals surface area contributed by atoms with Crippen LogP contribution < -0.4 is 11.5 Å². The van der Waals surface area contributed by atoms with Gasteiger partial charge in [0.1, 0.15) is 5.82 Å². The lowest BCUT2D eigenvalue weighted by atomic mass is 9.92. The van der Waals surface area contributed by atoms with E-state index in [1.807, 2.05) is 30.3 Å². The number of nitrogens with two attached hydrogens (primary N) is 2. The molecule has 4 nitrogen and oxygen atoms in total. The van der Waals surface area contributed by atoms with Crippen LogP contribution in [0.2, 0.25) is 0 Å². The van der Waals surface area contributed by atoms with Crippen molar-refractivity contribution in [3.05, 3.63) is 41.6 Å². The van der Waals surface area contributed by atoms with Crippen LogP contribution in [-0.4, -0.2) is 9.78 Å². The van der Waals surface area contributed by atoms with E-state index in [1.165, 1.54) is 0 Å². The first kappa shape index (κ1) is 12.6. The molecule has 0 bridgehead atoms. The van der Waals surface area contributed by atoms with Crippen molar-refractivity contribution >= 4 is 5.82 Å². The molecule has 18 heavy (non-hydrogen) atoms. The summed E-state index contributed by atoms with van der Waals surface area (Å²) in [6, 6.07) is 9.88. The maximum atomic E-state index is 6.02. The molecule has 0 saturated heterocycles. The van der Waals surface area contributed by atoms with E-state index >= 15 is 0 Å². The summed E-state index contributed by atoms with van der Waals surface area (Å²) in [4.78, 5) is 0. The molecule has 2 aromatic rings. The van der Waals surface area contributed by atoms with Crippen LogP contribution in [0.15, 0.2) is 30.3 Å². The standard InChI is InChI=1S/C14H20N4/c1-14(2,3)12-8-13(16)18(17-12)11-6-4-10(9-15)5-7-11/h4-8H,9,15-16H2,1-3H3. The first-order chi connectivity index (χ1) is 8.41. The van der Waals surface area contributed by atoms with Crippen molar-refractivity contribution in [3.8, 4) is 5.69 Å². The number of nitrogen functional groups attached to an aromatic ring is 1. The van der Waals surface area contributed by atoms with Gasteiger partial charge in [-0.2, -0.15) is 5.10 Å². The summed E-state index contributed by atoms with van der Waals surface area (Å²) >= 11 is 0. The molecule has 0 aliphatic heterocycles. The van der Waals surface area contributed by atoms with Crippen molar-refractivity contribution in [3.63, 3.8) is 0 Å². The summed E-state index contributed by atoms with van der Waals surface area (Å²) in [5.41, 5.74) is 14.6. The normalized spacial score (nSPS) is 11.8. The maximum absolute atomic E-state index is 6.02. The fourth-order valence-corrected chi connectivity index (χ4v) is 1.74. The number of hydrogen-bond acceptors (Lipinski definition) is 3. The third kappa shape index (κ3) is 2.38. The molecular weight excluding hydrogens is 224 g/mol. The second-order valence-electron chi connectivity index (χ2n) is 5.49. The lowest BCUT2D eigenvalue weighted by Crippen LogP contribution is -2.12. The van der Waals surface area contributed by atoms with E-state index in [9.17, 15) is 0 Å². The molecule has 2 rings (SSSR count). The zero-order valence-corrected chi connectivity index (χ0v) is 11.1. The Labute approximate surface area is 108 Å². The molecule has 1 aromatic carbocycles. The van der Waals surface area contributed by atoms with Gasteiger partial charge in [0.25, 0.3) is 0 Å². The lowest BCUT2D eigenvalue weighted by Gasteiger charge is -2.14. The third-order valence-corrected chi connectivity index (χ3v) is 2.92. The molecule has 4 N–H and O–H groups in total. The van der Waals surface area contributed by atoms with E-state index in [0.29, 0.717) is 12.4 Å². The Hall–Kier alpha value is -1.81. The monoisotopic (exact) mass is 244 g/mol. The zero-order chi connectivity index (χ0) is 13.3. The smallest absolute Gasteiger partial charge is 0.127 e. The molecule has 0 saturated carbocycles. The van der Waals surface area contributed by atoms with Gasteiger partial charge in [0.2, 0.25) is 0 Å². The molecule has 0 atom stereocenters. The summed E-state index contributed by atoms with van der Waals surface area (Å²) in [6.45, 7) is 6.91. The predicted molar refractivity (Wildman–Crippen MR) is 74.6 cm³/mol. The highest BCUT2D eigenvalue weighted by atomic mass is 15.3. The fourth-order valence-electron chi connectivity index (χ4n) is 1.74. The average molecular weight is 244 g/mol. The Morgan fingerprint density at radius 3 is 2.22 bits per heavy atom. The van der Waals surface area contributed by atoms with E-state index < -0.39 is 0 Å². The van der Waals surface area contributed by atoms with Crippen molar-refractivity contribution in [1.82, 2.24) is 9.78 Å². The number of nitrogens with zero attached hydrogens (tertiary/aromatic N) is 2. The quantitative estimate of drug-likeness (QED) is 0.851. The Kier molecular flexibility index (Phi) is 3.13. The lowest BCUT2D eigenvalue weighted by molar-refractivity contribution is 0.560. The van der Waals surface area contributed by atoms with Gasteiger partial charge in [-0.05, 0) is 17.7 Å². The molecule has 0 unspecified atom stereocenters. The van der Waals surface area contributed by atoms with E-state index in [-0.39, 0.29) is 5.41 Å². The maximum Gasteiger partial charge on any atom is 0.127 e. The van der Waals surface area contributed by atoms with Crippen molar-refractivity contribution in [1.29, 1.82) is 0 Å². The van der Waals surface area contributed by atoms with Gasteiger partial charge in [-0.15, -0.1) is 0 Å². The van der Waals surface area contributed by atoms with Crippen LogP contribution in [0.25, 0.3) is 5.69 Å². The molecule has 4 heteroatoms. The van der Waals surface area contributed by atoms with Gasteiger partial charge in [0, 0.05) is 18.0 Å². The van der Waals surface area contributed by atoms with Crippen LogP contribution in [0.4, 0.5) is 5.82 Å². The highest BCUT2D eigenvalue weighted by molar-refractivity contribution is 5.44. The minimum absolute atomic E-state index is 0.00340. The van der Waals surface area contributed by atoms with Crippen LogP contribution in [0.5, 0.6) is 0 Å².